The van der Waals surface area contributed by atoms with Crippen LogP contribution >= 0.6 is 0 Å². The van der Waals surface area contributed by atoms with Gasteiger partial charge in [-0.1, -0.05) is 0 Å². The van der Waals surface area contributed by atoms with Crippen molar-refractivity contribution in [1.29, 1.82) is 0 Å². The summed E-state index contributed by atoms with van der Waals surface area (Å²) in [6.45, 7) is 3.25. The lowest BCUT2D eigenvalue weighted by Gasteiger charge is -2.27. The number of alkyl halides is 2. The first-order valence-corrected chi connectivity index (χ1v) is 9.04. The van der Waals surface area contributed by atoms with Crippen molar-refractivity contribution in [2.24, 2.45) is 5.92 Å². The molecule has 1 aromatic rings. The summed E-state index contributed by atoms with van der Waals surface area (Å²) in [5, 5.41) is 2.91. The smallest absolute Gasteiger partial charge is 0.248 e. The number of rotatable bonds is 4. The maximum atomic E-state index is 13.2. The molecule has 1 unspecified atom stereocenters. The molecule has 0 aromatic carbocycles. The van der Waals surface area contributed by atoms with E-state index >= 15 is 0 Å². The number of hydrogen-bond donors (Lipinski definition) is 1. The monoisotopic (exact) mass is 352 g/mol. The molecule has 1 N–H and O–H groups in total. The summed E-state index contributed by atoms with van der Waals surface area (Å²) in [5.41, 5.74) is 1.89. The average molecular weight is 352 g/mol. The average Bonchev–Trinajstić information content (AvgIpc) is 2.99. The molecule has 2 fully saturated rings. The Hall–Kier alpha value is -1.63. The molecule has 7 heteroatoms. The van der Waals surface area contributed by atoms with Gasteiger partial charge in [-0.15, -0.1) is 0 Å². The van der Waals surface area contributed by atoms with Gasteiger partial charge in [0.05, 0.1) is 11.7 Å². The third-order valence-electron chi connectivity index (χ3n) is 5.40. The molecule has 0 bridgehead atoms. The minimum Gasteiger partial charge on any atom is -0.352 e. The molecule has 3 rings (SSSR count). The number of aromatic nitrogens is 2. The number of nitrogens with zero attached hydrogens (tertiary/aromatic N) is 3. The van der Waals surface area contributed by atoms with Crippen molar-refractivity contribution in [1.82, 2.24) is 20.2 Å². The summed E-state index contributed by atoms with van der Waals surface area (Å²) in [4.78, 5) is 23.5. The quantitative estimate of drug-likeness (QED) is 0.905. The molecule has 1 atom stereocenters. The molecule has 138 valence electrons. The fourth-order valence-electron chi connectivity index (χ4n) is 3.82. The zero-order valence-corrected chi connectivity index (χ0v) is 14.9. The molecule has 1 aliphatic carbocycles. The fourth-order valence-corrected chi connectivity index (χ4v) is 3.82. The number of amides is 1. The van der Waals surface area contributed by atoms with Crippen molar-refractivity contribution in [2.75, 3.05) is 13.6 Å². The summed E-state index contributed by atoms with van der Waals surface area (Å²) in [6, 6.07) is 0.252. The number of nitrogens with one attached hydrogen (secondary N) is 1. The molecule has 1 aromatic heterocycles. The Kier molecular flexibility index (Phi) is 5.32. The van der Waals surface area contributed by atoms with Gasteiger partial charge >= 0.3 is 0 Å². The van der Waals surface area contributed by atoms with E-state index < -0.39 is 5.92 Å². The molecule has 25 heavy (non-hydrogen) atoms. The van der Waals surface area contributed by atoms with E-state index in [1.807, 2.05) is 6.92 Å². The highest BCUT2D eigenvalue weighted by atomic mass is 19.3. The van der Waals surface area contributed by atoms with Crippen molar-refractivity contribution in [3.05, 3.63) is 23.3 Å². The summed E-state index contributed by atoms with van der Waals surface area (Å²) >= 11 is 0. The zero-order chi connectivity index (χ0) is 18.0. The van der Waals surface area contributed by atoms with E-state index in [-0.39, 0.29) is 43.6 Å². The molecule has 0 spiro atoms. The van der Waals surface area contributed by atoms with Crippen LogP contribution in [-0.4, -0.2) is 40.3 Å². The van der Waals surface area contributed by atoms with Gasteiger partial charge in [0.1, 0.15) is 5.82 Å². The number of carbonyl (C=O) groups excluding carboxylic acids is 1. The SMILES string of the molecule is Cc1ncc(CNC(=O)C2CCC(F)(F)CC2)c(C2CCCN2C)n1. The van der Waals surface area contributed by atoms with Gasteiger partial charge in [-0.25, -0.2) is 18.7 Å². The van der Waals surface area contributed by atoms with Crippen LogP contribution in [0.25, 0.3) is 0 Å². The number of aryl methyl sites for hydroxylation is 1. The van der Waals surface area contributed by atoms with Gasteiger partial charge in [0.15, 0.2) is 0 Å². The lowest BCUT2D eigenvalue weighted by atomic mass is 9.86. The van der Waals surface area contributed by atoms with Gasteiger partial charge in [-0.2, -0.15) is 0 Å². The second-order valence-electron chi connectivity index (χ2n) is 7.31. The van der Waals surface area contributed by atoms with Gasteiger partial charge in [0, 0.05) is 37.1 Å². The maximum absolute atomic E-state index is 13.2. The van der Waals surface area contributed by atoms with Crippen molar-refractivity contribution in [3.8, 4) is 0 Å². The lowest BCUT2D eigenvalue weighted by molar-refractivity contribution is -0.129. The first kappa shape index (κ1) is 18.2. The van der Waals surface area contributed by atoms with Crippen LogP contribution in [0.2, 0.25) is 0 Å². The molecule has 1 aliphatic heterocycles. The zero-order valence-electron chi connectivity index (χ0n) is 14.9. The highest BCUT2D eigenvalue weighted by Gasteiger charge is 2.37. The molecule has 0 radical (unpaired) electrons. The van der Waals surface area contributed by atoms with Crippen LogP contribution in [-0.2, 0) is 11.3 Å². The van der Waals surface area contributed by atoms with E-state index in [0.29, 0.717) is 6.54 Å². The van der Waals surface area contributed by atoms with E-state index in [0.717, 1.165) is 36.5 Å². The Bertz CT molecular complexity index is 628. The van der Waals surface area contributed by atoms with E-state index in [9.17, 15) is 13.6 Å². The highest BCUT2D eigenvalue weighted by molar-refractivity contribution is 5.78. The van der Waals surface area contributed by atoms with E-state index in [1.54, 1.807) is 6.20 Å². The summed E-state index contributed by atoms with van der Waals surface area (Å²) in [7, 11) is 2.08. The molecule has 1 amide bonds. The third-order valence-corrected chi connectivity index (χ3v) is 5.40. The number of likely N-dealkylation sites (tertiary alicyclic amines) is 1. The topological polar surface area (TPSA) is 58.1 Å². The van der Waals surface area contributed by atoms with Crippen LogP contribution in [0.4, 0.5) is 8.78 Å². The first-order chi connectivity index (χ1) is 11.9. The van der Waals surface area contributed by atoms with Crippen molar-refractivity contribution in [3.63, 3.8) is 0 Å². The summed E-state index contributed by atoms with van der Waals surface area (Å²) in [6.07, 6.45) is 4.06. The number of carbonyl (C=O) groups is 1. The Balaban J connectivity index is 1.64. The predicted molar refractivity (Wildman–Crippen MR) is 90.1 cm³/mol. The highest BCUT2D eigenvalue weighted by Crippen LogP contribution is 2.36. The first-order valence-electron chi connectivity index (χ1n) is 9.04. The lowest BCUT2D eigenvalue weighted by Crippen LogP contribution is -2.36. The second-order valence-corrected chi connectivity index (χ2v) is 7.31. The number of halogens is 2. The summed E-state index contributed by atoms with van der Waals surface area (Å²) < 4.78 is 26.5. The van der Waals surface area contributed by atoms with Crippen LogP contribution in [0.5, 0.6) is 0 Å². The maximum Gasteiger partial charge on any atom is 0.248 e. The molecule has 2 aliphatic rings. The minimum atomic E-state index is -2.61. The predicted octanol–water partition coefficient (Wildman–Crippen LogP) is 2.99. The normalized spacial score (nSPS) is 24.4. The Labute approximate surface area is 147 Å². The van der Waals surface area contributed by atoms with E-state index in [2.05, 4.69) is 27.2 Å². The largest absolute Gasteiger partial charge is 0.352 e. The van der Waals surface area contributed by atoms with Crippen LogP contribution in [0.15, 0.2) is 6.20 Å². The molecule has 1 saturated carbocycles. The van der Waals surface area contributed by atoms with Gasteiger partial charge in [0.25, 0.3) is 0 Å². The third kappa shape index (κ3) is 4.32. The van der Waals surface area contributed by atoms with Crippen LogP contribution < -0.4 is 5.32 Å². The van der Waals surface area contributed by atoms with Crippen LogP contribution in [0.1, 0.15) is 61.6 Å². The van der Waals surface area contributed by atoms with Crippen LogP contribution in [0.3, 0.4) is 0 Å². The van der Waals surface area contributed by atoms with Gasteiger partial charge < -0.3 is 5.32 Å². The van der Waals surface area contributed by atoms with Gasteiger partial charge in [0.2, 0.25) is 11.8 Å². The second kappa shape index (κ2) is 7.32. The Morgan fingerprint density at radius 1 is 1.36 bits per heavy atom. The minimum absolute atomic E-state index is 0.137. The number of hydrogen-bond acceptors (Lipinski definition) is 4. The van der Waals surface area contributed by atoms with E-state index in [4.69, 9.17) is 0 Å². The molecular weight excluding hydrogens is 326 g/mol. The summed E-state index contributed by atoms with van der Waals surface area (Å²) in [5.74, 6) is -2.34. The standard InChI is InChI=1S/C18H26F2N4O/c1-12-21-10-14(16(23-12)15-4-3-9-24(15)2)11-22-17(25)13-5-7-18(19,20)8-6-13/h10,13,15H,3-9,11H2,1-2H3,(H,22,25). The van der Waals surface area contributed by atoms with Gasteiger partial charge in [-0.05, 0) is 46.2 Å². The molecule has 2 heterocycles. The molecule has 5 nitrogen and oxygen atoms in total. The van der Waals surface area contributed by atoms with Crippen molar-refractivity contribution < 1.29 is 13.6 Å². The van der Waals surface area contributed by atoms with Gasteiger partial charge in [-0.3, -0.25) is 9.69 Å². The van der Waals surface area contributed by atoms with Crippen molar-refractivity contribution >= 4 is 5.91 Å². The van der Waals surface area contributed by atoms with E-state index in [1.165, 1.54) is 0 Å². The van der Waals surface area contributed by atoms with Crippen LogP contribution in [0, 0.1) is 12.8 Å². The fraction of sp³-hybridized carbons (Fsp3) is 0.722. The molecule has 1 saturated heterocycles. The Morgan fingerprint density at radius 2 is 2.08 bits per heavy atom. The Morgan fingerprint density at radius 3 is 2.72 bits per heavy atom. The molecular formula is C18H26F2N4O. The van der Waals surface area contributed by atoms with Crippen molar-refractivity contribution in [2.45, 2.75) is 64.0 Å².